The minimum absolute atomic E-state index is 0.909. The summed E-state index contributed by atoms with van der Waals surface area (Å²) in [5.41, 5.74) is 9.92. The van der Waals surface area contributed by atoms with Crippen LogP contribution in [0.2, 0.25) is 0 Å². The van der Waals surface area contributed by atoms with Gasteiger partial charge in [0.15, 0.2) is 0 Å². The van der Waals surface area contributed by atoms with Gasteiger partial charge in [-0.1, -0.05) is 140 Å². The molecule has 9 aromatic carbocycles. The molecule has 0 aliphatic rings. The first kappa shape index (κ1) is 28.4. The molecule has 234 valence electrons. The highest BCUT2D eigenvalue weighted by Crippen LogP contribution is 2.47. The quantitative estimate of drug-likeness (QED) is 0.187. The summed E-state index contributed by atoms with van der Waals surface area (Å²) in [7, 11) is 0. The molecule has 0 aliphatic carbocycles. The van der Waals surface area contributed by atoms with Gasteiger partial charge < -0.3 is 9.32 Å². The fraction of sp³-hybridized carbons (Fsp3) is 0. The zero-order valence-corrected chi connectivity index (χ0v) is 27.3. The lowest BCUT2D eigenvalue weighted by atomic mass is 9.91. The third-order valence-electron chi connectivity index (χ3n) is 10.0. The topological polar surface area (TPSA) is 16.4 Å². The number of hydrogen-bond acceptors (Lipinski definition) is 2. The Morgan fingerprint density at radius 2 is 0.940 bits per heavy atom. The second-order valence-corrected chi connectivity index (χ2v) is 12.9. The predicted molar refractivity (Wildman–Crippen MR) is 212 cm³/mol. The lowest BCUT2D eigenvalue weighted by Gasteiger charge is -2.29. The Bertz CT molecular complexity index is 2870. The molecule has 2 heteroatoms. The lowest BCUT2D eigenvalue weighted by molar-refractivity contribution is 0.669. The molecule has 0 amide bonds. The van der Waals surface area contributed by atoms with E-state index in [0.29, 0.717) is 0 Å². The number of furan rings is 1. The molecule has 0 bridgehead atoms. The second-order valence-electron chi connectivity index (χ2n) is 12.9. The van der Waals surface area contributed by atoms with E-state index in [1.807, 2.05) is 12.1 Å². The Morgan fingerprint density at radius 1 is 0.340 bits per heavy atom. The zero-order chi connectivity index (χ0) is 33.0. The van der Waals surface area contributed by atoms with Crippen LogP contribution < -0.4 is 4.90 Å². The zero-order valence-electron chi connectivity index (χ0n) is 27.3. The van der Waals surface area contributed by atoms with Crippen molar-refractivity contribution in [3.8, 4) is 22.3 Å². The molecular weight excluding hydrogens is 607 g/mol. The number of rotatable bonds is 5. The van der Waals surface area contributed by atoms with Gasteiger partial charge in [-0.25, -0.2) is 0 Å². The van der Waals surface area contributed by atoms with Crippen LogP contribution >= 0.6 is 0 Å². The van der Waals surface area contributed by atoms with Gasteiger partial charge in [0.1, 0.15) is 11.2 Å². The molecule has 1 aromatic heterocycles. The van der Waals surface area contributed by atoms with Gasteiger partial charge in [0.05, 0.1) is 5.69 Å². The SMILES string of the molecule is c1ccc2cc(N(c3ccc(-c4ccc5oc6ccccc6c5c4)cc3)c3ccc4ccccc4c3-c3cccc4ccccc34)ccc2c1. The van der Waals surface area contributed by atoms with Crippen LogP contribution in [0, 0.1) is 0 Å². The van der Waals surface area contributed by atoms with E-state index in [1.165, 1.54) is 43.4 Å². The van der Waals surface area contributed by atoms with Crippen LogP contribution in [0.15, 0.2) is 192 Å². The maximum Gasteiger partial charge on any atom is 0.135 e. The van der Waals surface area contributed by atoms with Crippen molar-refractivity contribution in [2.75, 3.05) is 4.90 Å². The first-order valence-corrected chi connectivity index (χ1v) is 17.1. The molecular formula is C48H31NO. The van der Waals surface area contributed by atoms with Crippen molar-refractivity contribution in [1.82, 2.24) is 0 Å². The number of anilines is 3. The molecule has 0 spiro atoms. The molecule has 50 heavy (non-hydrogen) atoms. The number of fused-ring (bicyclic) bond motifs is 6. The van der Waals surface area contributed by atoms with E-state index < -0.39 is 0 Å². The Labute approximate surface area is 290 Å². The highest BCUT2D eigenvalue weighted by molar-refractivity contribution is 6.12. The molecule has 0 aliphatic heterocycles. The minimum atomic E-state index is 0.909. The van der Waals surface area contributed by atoms with Gasteiger partial charge in [-0.3, -0.25) is 0 Å². The summed E-state index contributed by atoms with van der Waals surface area (Å²) in [6.45, 7) is 0. The van der Waals surface area contributed by atoms with E-state index in [-0.39, 0.29) is 0 Å². The smallest absolute Gasteiger partial charge is 0.135 e. The van der Waals surface area contributed by atoms with Crippen molar-refractivity contribution in [2.45, 2.75) is 0 Å². The molecule has 2 nitrogen and oxygen atoms in total. The first-order chi connectivity index (χ1) is 24.8. The van der Waals surface area contributed by atoms with Crippen molar-refractivity contribution < 1.29 is 4.42 Å². The Kier molecular flexibility index (Phi) is 6.53. The van der Waals surface area contributed by atoms with E-state index in [1.54, 1.807) is 0 Å². The minimum Gasteiger partial charge on any atom is -0.456 e. The summed E-state index contributed by atoms with van der Waals surface area (Å²) in [5, 5.41) is 9.62. The number of nitrogens with zero attached hydrogens (tertiary/aromatic N) is 1. The van der Waals surface area contributed by atoms with E-state index in [0.717, 1.165) is 50.1 Å². The molecule has 0 saturated carbocycles. The fourth-order valence-corrected chi connectivity index (χ4v) is 7.62. The Hall–Kier alpha value is -6.64. The van der Waals surface area contributed by atoms with Crippen molar-refractivity contribution >= 4 is 71.3 Å². The van der Waals surface area contributed by atoms with Crippen LogP contribution in [0.3, 0.4) is 0 Å². The average molecular weight is 638 g/mol. The van der Waals surface area contributed by atoms with Gasteiger partial charge in [0.2, 0.25) is 0 Å². The van der Waals surface area contributed by atoms with Crippen molar-refractivity contribution in [3.63, 3.8) is 0 Å². The molecule has 0 unspecified atom stereocenters. The largest absolute Gasteiger partial charge is 0.456 e. The van der Waals surface area contributed by atoms with E-state index in [4.69, 9.17) is 4.42 Å². The predicted octanol–water partition coefficient (Wildman–Crippen LogP) is 13.8. The van der Waals surface area contributed by atoms with Crippen LogP contribution in [-0.2, 0) is 0 Å². The van der Waals surface area contributed by atoms with Crippen molar-refractivity contribution in [2.24, 2.45) is 0 Å². The normalized spacial score (nSPS) is 11.6. The second kappa shape index (κ2) is 11.5. The first-order valence-electron chi connectivity index (χ1n) is 17.1. The summed E-state index contributed by atoms with van der Waals surface area (Å²) < 4.78 is 6.12. The Balaban J connectivity index is 1.19. The van der Waals surface area contributed by atoms with Gasteiger partial charge in [0.25, 0.3) is 0 Å². The molecule has 10 rings (SSSR count). The highest BCUT2D eigenvalue weighted by atomic mass is 16.3. The molecule has 1 heterocycles. The molecule has 10 aromatic rings. The summed E-state index contributed by atoms with van der Waals surface area (Å²) in [6, 6.07) is 67.8. The maximum atomic E-state index is 6.12. The lowest BCUT2D eigenvalue weighted by Crippen LogP contribution is -2.11. The molecule has 0 atom stereocenters. The van der Waals surface area contributed by atoms with Crippen molar-refractivity contribution in [1.29, 1.82) is 0 Å². The summed E-state index contributed by atoms with van der Waals surface area (Å²) in [4.78, 5) is 2.42. The summed E-state index contributed by atoms with van der Waals surface area (Å²) >= 11 is 0. The van der Waals surface area contributed by atoms with Gasteiger partial charge in [-0.15, -0.1) is 0 Å². The van der Waals surface area contributed by atoms with Gasteiger partial charge in [-0.2, -0.15) is 0 Å². The van der Waals surface area contributed by atoms with Crippen LogP contribution in [-0.4, -0.2) is 0 Å². The van der Waals surface area contributed by atoms with Crippen LogP contribution in [0.1, 0.15) is 0 Å². The summed E-state index contributed by atoms with van der Waals surface area (Å²) in [5.74, 6) is 0. The molecule has 0 N–H and O–H groups in total. The number of hydrogen-bond donors (Lipinski definition) is 0. The maximum absolute atomic E-state index is 6.12. The molecule has 0 fully saturated rings. The number of para-hydroxylation sites is 1. The third-order valence-corrected chi connectivity index (χ3v) is 10.0. The van der Waals surface area contributed by atoms with E-state index >= 15 is 0 Å². The standard InChI is InChI=1S/C48H31NO/c1-2-13-36-30-39(27-22-32(36)10-1)49(38-25-20-33(21-26-38)37-24-29-47-44(31-37)42-17-7-8-19-46(42)50-47)45-28-23-35-12-4-6-16-41(35)48(45)43-18-9-14-34-11-3-5-15-40(34)43/h1-31H. The van der Waals surface area contributed by atoms with Crippen molar-refractivity contribution in [3.05, 3.63) is 188 Å². The van der Waals surface area contributed by atoms with Crippen LogP contribution in [0.25, 0.3) is 76.5 Å². The van der Waals surface area contributed by atoms with E-state index in [2.05, 4.69) is 181 Å². The molecule has 0 radical (unpaired) electrons. The summed E-state index contributed by atoms with van der Waals surface area (Å²) in [6.07, 6.45) is 0. The van der Waals surface area contributed by atoms with E-state index in [9.17, 15) is 0 Å². The van der Waals surface area contributed by atoms with Crippen LogP contribution in [0.5, 0.6) is 0 Å². The highest BCUT2D eigenvalue weighted by Gasteiger charge is 2.21. The van der Waals surface area contributed by atoms with Crippen LogP contribution in [0.4, 0.5) is 17.1 Å². The van der Waals surface area contributed by atoms with Gasteiger partial charge in [0, 0.05) is 27.7 Å². The molecule has 0 saturated heterocycles. The number of benzene rings is 9. The Morgan fingerprint density at radius 3 is 1.78 bits per heavy atom. The van der Waals surface area contributed by atoms with Gasteiger partial charge >= 0.3 is 0 Å². The third kappa shape index (κ3) is 4.65. The average Bonchev–Trinajstić information content (AvgIpc) is 3.56. The monoisotopic (exact) mass is 637 g/mol. The van der Waals surface area contributed by atoms with Gasteiger partial charge in [-0.05, 0) is 97.5 Å². The fourth-order valence-electron chi connectivity index (χ4n) is 7.62.